The van der Waals surface area contributed by atoms with Gasteiger partial charge in [-0.15, -0.1) is 0 Å². The average molecular weight is 410 g/mol. The van der Waals surface area contributed by atoms with Crippen LogP contribution in [0.4, 0.5) is 10.1 Å². The number of halogens is 1. The van der Waals surface area contributed by atoms with Gasteiger partial charge in [0, 0.05) is 45.0 Å². The maximum absolute atomic E-state index is 13.1. The summed E-state index contributed by atoms with van der Waals surface area (Å²) in [5, 5.41) is 2.79. The molecule has 156 valence electrons. The fourth-order valence-electron chi connectivity index (χ4n) is 3.82. The van der Waals surface area contributed by atoms with Crippen molar-refractivity contribution in [1.29, 1.82) is 0 Å². The molecule has 2 aromatic rings. The van der Waals surface area contributed by atoms with Gasteiger partial charge >= 0.3 is 0 Å². The number of carbonyl (C=O) groups excluding carboxylic acids is 3. The lowest BCUT2D eigenvalue weighted by atomic mass is 10.1. The standard InChI is InChI=1S/C22H23FN4O3/c23-16-5-7-17(8-6-16)26-13-11-25(12-14-26)10-9-24-20(28)15-27-21(29)18-3-1-2-4-19(18)22(27)30/h1-8H,9-15H2,(H,24,28). The van der Waals surface area contributed by atoms with E-state index in [1.54, 1.807) is 36.4 Å². The zero-order valence-electron chi connectivity index (χ0n) is 16.5. The largest absolute Gasteiger partial charge is 0.369 e. The van der Waals surface area contributed by atoms with E-state index in [1.807, 2.05) is 0 Å². The van der Waals surface area contributed by atoms with E-state index in [4.69, 9.17) is 0 Å². The summed E-state index contributed by atoms with van der Waals surface area (Å²) < 4.78 is 13.1. The quantitative estimate of drug-likeness (QED) is 0.728. The third kappa shape index (κ3) is 4.18. The Morgan fingerprint density at radius 1 is 0.900 bits per heavy atom. The van der Waals surface area contributed by atoms with Gasteiger partial charge in [0.25, 0.3) is 11.8 Å². The van der Waals surface area contributed by atoms with Gasteiger partial charge in [-0.1, -0.05) is 12.1 Å². The van der Waals surface area contributed by atoms with E-state index in [0.717, 1.165) is 36.8 Å². The zero-order chi connectivity index (χ0) is 21.1. The highest BCUT2D eigenvalue weighted by Gasteiger charge is 2.36. The summed E-state index contributed by atoms with van der Waals surface area (Å²) in [7, 11) is 0. The van der Waals surface area contributed by atoms with E-state index in [0.29, 0.717) is 24.2 Å². The van der Waals surface area contributed by atoms with Crippen molar-refractivity contribution < 1.29 is 18.8 Å². The molecule has 2 heterocycles. The van der Waals surface area contributed by atoms with Crippen LogP contribution in [0.15, 0.2) is 48.5 Å². The minimum Gasteiger partial charge on any atom is -0.369 e. The molecule has 0 spiro atoms. The van der Waals surface area contributed by atoms with Crippen LogP contribution in [0.25, 0.3) is 0 Å². The van der Waals surface area contributed by atoms with Gasteiger partial charge in [-0.3, -0.25) is 24.2 Å². The number of amides is 3. The first-order valence-corrected chi connectivity index (χ1v) is 9.98. The Hall–Kier alpha value is -3.26. The van der Waals surface area contributed by atoms with Gasteiger partial charge < -0.3 is 10.2 Å². The van der Waals surface area contributed by atoms with Crippen molar-refractivity contribution in [3.05, 3.63) is 65.5 Å². The molecule has 0 aromatic heterocycles. The SMILES string of the molecule is O=C(CN1C(=O)c2ccccc2C1=O)NCCN1CCN(c2ccc(F)cc2)CC1. The predicted octanol–water partition coefficient (Wildman–Crippen LogP) is 1.36. The maximum Gasteiger partial charge on any atom is 0.262 e. The van der Waals surface area contributed by atoms with Crippen LogP contribution in [0.3, 0.4) is 0 Å². The van der Waals surface area contributed by atoms with Crippen molar-refractivity contribution in [2.45, 2.75) is 0 Å². The lowest BCUT2D eigenvalue weighted by Crippen LogP contribution is -2.49. The van der Waals surface area contributed by atoms with E-state index in [-0.39, 0.29) is 18.3 Å². The Balaban J connectivity index is 1.19. The molecule has 2 aromatic carbocycles. The van der Waals surface area contributed by atoms with Crippen molar-refractivity contribution >= 4 is 23.4 Å². The van der Waals surface area contributed by atoms with Crippen LogP contribution in [-0.2, 0) is 4.79 Å². The molecule has 2 aliphatic heterocycles. The smallest absolute Gasteiger partial charge is 0.262 e. The van der Waals surface area contributed by atoms with Crippen molar-refractivity contribution in [2.75, 3.05) is 50.7 Å². The number of fused-ring (bicyclic) bond motifs is 1. The van der Waals surface area contributed by atoms with Gasteiger partial charge in [0.2, 0.25) is 5.91 Å². The Morgan fingerprint density at radius 3 is 2.10 bits per heavy atom. The van der Waals surface area contributed by atoms with Crippen molar-refractivity contribution in [3.8, 4) is 0 Å². The normalized spacial score (nSPS) is 16.7. The van der Waals surface area contributed by atoms with Crippen LogP contribution >= 0.6 is 0 Å². The third-order valence-electron chi connectivity index (χ3n) is 5.49. The zero-order valence-corrected chi connectivity index (χ0v) is 16.5. The summed E-state index contributed by atoms with van der Waals surface area (Å²) in [6.45, 7) is 4.19. The van der Waals surface area contributed by atoms with Crippen LogP contribution in [0.5, 0.6) is 0 Å². The molecular weight excluding hydrogens is 387 g/mol. The average Bonchev–Trinajstić information content (AvgIpc) is 3.00. The van der Waals surface area contributed by atoms with Gasteiger partial charge in [0.1, 0.15) is 12.4 Å². The second-order valence-electron chi connectivity index (χ2n) is 7.40. The number of piperazine rings is 1. The van der Waals surface area contributed by atoms with Gasteiger partial charge in [0.15, 0.2) is 0 Å². The van der Waals surface area contributed by atoms with Crippen molar-refractivity contribution in [3.63, 3.8) is 0 Å². The third-order valence-corrected chi connectivity index (χ3v) is 5.49. The molecule has 7 nitrogen and oxygen atoms in total. The molecule has 0 aliphatic carbocycles. The Morgan fingerprint density at radius 2 is 1.50 bits per heavy atom. The molecular formula is C22H23FN4O3. The second-order valence-corrected chi connectivity index (χ2v) is 7.40. The van der Waals surface area contributed by atoms with Gasteiger partial charge in [-0.05, 0) is 36.4 Å². The molecule has 0 unspecified atom stereocenters. The number of anilines is 1. The molecule has 3 amide bonds. The highest BCUT2D eigenvalue weighted by Crippen LogP contribution is 2.22. The van der Waals surface area contributed by atoms with Crippen LogP contribution in [-0.4, -0.2) is 73.3 Å². The number of nitrogens with one attached hydrogen (secondary N) is 1. The van der Waals surface area contributed by atoms with E-state index in [2.05, 4.69) is 15.1 Å². The topological polar surface area (TPSA) is 73.0 Å². The minimum atomic E-state index is -0.428. The Bertz CT molecular complexity index is 920. The number of rotatable bonds is 6. The number of carbonyl (C=O) groups is 3. The molecule has 0 atom stereocenters. The van der Waals surface area contributed by atoms with E-state index in [1.165, 1.54) is 12.1 Å². The molecule has 0 saturated carbocycles. The molecule has 8 heteroatoms. The van der Waals surface area contributed by atoms with Crippen LogP contribution < -0.4 is 10.2 Å². The Labute approximate surface area is 174 Å². The fourth-order valence-corrected chi connectivity index (χ4v) is 3.82. The highest BCUT2D eigenvalue weighted by atomic mass is 19.1. The number of nitrogens with zero attached hydrogens (tertiary/aromatic N) is 3. The van der Waals surface area contributed by atoms with Crippen LogP contribution in [0.1, 0.15) is 20.7 Å². The number of hydrogen-bond donors (Lipinski definition) is 1. The van der Waals surface area contributed by atoms with Crippen molar-refractivity contribution in [2.24, 2.45) is 0 Å². The molecule has 0 bridgehead atoms. The van der Waals surface area contributed by atoms with Gasteiger partial charge in [0.05, 0.1) is 11.1 Å². The summed E-state index contributed by atoms with van der Waals surface area (Å²) in [6, 6.07) is 13.1. The monoisotopic (exact) mass is 410 g/mol. The molecule has 1 fully saturated rings. The molecule has 0 radical (unpaired) electrons. The summed E-state index contributed by atoms with van der Waals surface area (Å²) >= 11 is 0. The lowest BCUT2D eigenvalue weighted by molar-refractivity contribution is -0.121. The number of hydrogen-bond acceptors (Lipinski definition) is 5. The molecule has 1 saturated heterocycles. The predicted molar refractivity (Wildman–Crippen MR) is 110 cm³/mol. The van der Waals surface area contributed by atoms with Crippen LogP contribution in [0, 0.1) is 5.82 Å². The molecule has 4 rings (SSSR count). The molecule has 2 aliphatic rings. The van der Waals surface area contributed by atoms with Gasteiger partial charge in [-0.2, -0.15) is 0 Å². The second kappa shape index (κ2) is 8.62. The van der Waals surface area contributed by atoms with Crippen LogP contribution in [0.2, 0.25) is 0 Å². The molecule has 30 heavy (non-hydrogen) atoms. The van der Waals surface area contributed by atoms with E-state index < -0.39 is 11.8 Å². The van der Waals surface area contributed by atoms with E-state index >= 15 is 0 Å². The summed E-state index contributed by atoms with van der Waals surface area (Å²) in [5.41, 5.74) is 1.69. The lowest BCUT2D eigenvalue weighted by Gasteiger charge is -2.36. The first kappa shape index (κ1) is 20.0. The summed E-state index contributed by atoms with van der Waals surface area (Å²) in [4.78, 5) is 42.3. The Kier molecular flexibility index (Phi) is 5.76. The fraction of sp³-hybridized carbons (Fsp3) is 0.318. The number of benzene rings is 2. The van der Waals surface area contributed by atoms with Crippen molar-refractivity contribution in [1.82, 2.24) is 15.1 Å². The first-order chi connectivity index (χ1) is 14.5. The van der Waals surface area contributed by atoms with Gasteiger partial charge in [-0.25, -0.2) is 4.39 Å². The summed E-state index contributed by atoms with van der Waals surface area (Å²) in [5.74, 6) is -1.45. The maximum atomic E-state index is 13.1. The molecule has 1 N–H and O–H groups in total. The first-order valence-electron chi connectivity index (χ1n) is 9.98. The highest BCUT2D eigenvalue weighted by molar-refractivity contribution is 6.22. The van der Waals surface area contributed by atoms with E-state index in [9.17, 15) is 18.8 Å². The number of imide groups is 1. The minimum absolute atomic E-state index is 0.241. The summed E-state index contributed by atoms with van der Waals surface area (Å²) in [6.07, 6.45) is 0.